The molecule has 3 fully saturated rings. The first-order valence-electron chi connectivity index (χ1n) is 5.66. The molecule has 17 heavy (non-hydrogen) atoms. The Morgan fingerprint density at radius 2 is 2.00 bits per heavy atom. The van der Waals surface area contributed by atoms with Crippen molar-refractivity contribution in [3.8, 4) is 5.75 Å². The second kappa shape index (κ2) is 3.23. The highest BCUT2D eigenvalue weighted by Gasteiger charge is 2.57. The van der Waals surface area contributed by atoms with Crippen LogP contribution in [-0.4, -0.2) is 15.5 Å². The molecule has 3 saturated carbocycles. The molecule has 3 aliphatic rings. The first-order chi connectivity index (χ1) is 7.94. The lowest BCUT2D eigenvalue weighted by molar-refractivity contribution is -0.0275. The van der Waals surface area contributed by atoms with E-state index in [1.807, 2.05) is 6.07 Å². The van der Waals surface area contributed by atoms with Crippen LogP contribution in [0.4, 0.5) is 0 Å². The van der Waals surface area contributed by atoms with E-state index in [2.05, 4.69) is 0 Å². The van der Waals surface area contributed by atoms with Crippen molar-refractivity contribution in [1.29, 1.82) is 0 Å². The number of rotatable bonds is 3. The van der Waals surface area contributed by atoms with Crippen molar-refractivity contribution in [1.82, 2.24) is 0 Å². The van der Waals surface area contributed by atoms with Crippen LogP contribution in [-0.2, 0) is 15.4 Å². The fourth-order valence-electron chi connectivity index (χ4n) is 3.06. The van der Waals surface area contributed by atoms with Gasteiger partial charge in [0.2, 0.25) is 10.0 Å². The number of sulfonamides is 1. The quantitative estimate of drug-likeness (QED) is 0.885. The van der Waals surface area contributed by atoms with Crippen LogP contribution in [0, 0.1) is 5.92 Å². The van der Waals surface area contributed by atoms with Crippen molar-refractivity contribution in [2.75, 3.05) is 7.11 Å². The molecule has 0 aliphatic heterocycles. The van der Waals surface area contributed by atoms with Gasteiger partial charge in [0.15, 0.2) is 0 Å². The summed E-state index contributed by atoms with van der Waals surface area (Å²) in [5, 5.41) is 5.21. The van der Waals surface area contributed by atoms with E-state index in [4.69, 9.17) is 9.88 Å². The first-order valence-corrected chi connectivity index (χ1v) is 7.21. The summed E-state index contributed by atoms with van der Waals surface area (Å²) in [4.78, 5) is 0.0993. The zero-order chi connectivity index (χ0) is 12.3. The predicted octanol–water partition coefficient (Wildman–Crippen LogP) is 1.39. The van der Waals surface area contributed by atoms with Gasteiger partial charge in [-0.05, 0) is 48.3 Å². The van der Waals surface area contributed by atoms with Crippen LogP contribution in [0.1, 0.15) is 24.8 Å². The number of primary sulfonamides is 1. The number of methoxy groups -OCH3 is 1. The number of ether oxygens (including phenoxy) is 1. The summed E-state index contributed by atoms with van der Waals surface area (Å²) >= 11 is 0. The average molecular weight is 253 g/mol. The van der Waals surface area contributed by atoms with Crippen molar-refractivity contribution >= 4 is 10.0 Å². The second-order valence-corrected chi connectivity index (χ2v) is 6.70. The monoisotopic (exact) mass is 253 g/mol. The van der Waals surface area contributed by atoms with Crippen LogP contribution in [0.25, 0.3) is 0 Å². The molecule has 0 radical (unpaired) electrons. The number of nitrogens with two attached hydrogens (primary N) is 1. The van der Waals surface area contributed by atoms with Gasteiger partial charge in [0.25, 0.3) is 0 Å². The standard InChI is InChI=1S/C12H15NO3S/c1-16-10-3-2-9(4-11(10)17(13,14)15)12-5-8(6-12)7-12/h2-4,8H,5-7H2,1H3,(H2,13,14,15). The minimum absolute atomic E-state index is 0.0993. The van der Waals surface area contributed by atoms with Crippen molar-refractivity contribution in [2.45, 2.75) is 29.6 Å². The Kier molecular flexibility index (Phi) is 2.10. The highest BCUT2D eigenvalue weighted by Crippen LogP contribution is 2.65. The lowest BCUT2D eigenvalue weighted by Crippen LogP contribution is -2.55. The largest absolute Gasteiger partial charge is 0.495 e. The third-order valence-electron chi connectivity index (χ3n) is 4.12. The number of hydrogen-bond donors (Lipinski definition) is 1. The summed E-state index contributed by atoms with van der Waals surface area (Å²) in [5.74, 6) is 1.18. The molecule has 92 valence electrons. The number of hydrogen-bond acceptors (Lipinski definition) is 3. The van der Waals surface area contributed by atoms with Crippen LogP contribution < -0.4 is 9.88 Å². The Morgan fingerprint density at radius 3 is 2.41 bits per heavy atom. The van der Waals surface area contributed by atoms with Crippen molar-refractivity contribution in [2.24, 2.45) is 11.1 Å². The molecule has 0 unspecified atom stereocenters. The Hall–Kier alpha value is -1.07. The molecular formula is C12H15NO3S. The van der Waals surface area contributed by atoms with E-state index in [1.165, 1.54) is 26.4 Å². The van der Waals surface area contributed by atoms with E-state index in [0.717, 1.165) is 11.5 Å². The maximum Gasteiger partial charge on any atom is 0.241 e. The lowest BCUT2D eigenvalue weighted by atomic mass is 9.42. The van der Waals surface area contributed by atoms with E-state index in [1.54, 1.807) is 12.1 Å². The van der Waals surface area contributed by atoms with E-state index in [-0.39, 0.29) is 10.3 Å². The molecule has 0 heterocycles. The van der Waals surface area contributed by atoms with Crippen molar-refractivity contribution < 1.29 is 13.2 Å². The maximum absolute atomic E-state index is 11.5. The Labute approximate surface area is 101 Å². The van der Waals surface area contributed by atoms with Gasteiger partial charge in [0.05, 0.1) is 7.11 Å². The first kappa shape index (κ1) is 11.0. The summed E-state index contributed by atoms with van der Waals surface area (Å²) in [5.41, 5.74) is 1.32. The molecule has 1 aromatic rings. The van der Waals surface area contributed by atoms with Crippen LogP contribution in [0.2, 0.25) is 0 Å². The van der Waals surface area contributed by atoms with Gasteiger partial charge in [-0.15, -0.1) is 0 Å². The van der Waals surface area contributed by atoms with Crippen LogP contribution in [0.5, 0.6) is 5.75 Å². The zero-order valence-electron chi connectivity index (χ0n) is 9.64. The summed E-state index contributed by atoms with van der Waals surface area (Å²) in [6.07, 6.45) is 3.55. The molecule has 0 saturated heterocycles. The Bertz CT molecular complexity index is 562. The third-order valence-corrected chi connectivity index (χ3v) is 5.05. The SMILES string of the molecule is COc1ccc(C23CC(C2)C3)cc1S(N)(=O)=O. The Morgan fingerprint density at radius 1 is 1.35 bits per heavy atom. The normalized spacial score (nSPS) is 30.4. The molecule has 0 atom stereocenters. The molecule has 5 heteroatoms. The molecule has 2 bridgehead atoms. The fraction of sp³-hybridized carbons (Fsp3) is 0.500. The van der Waals surface area contributed by atoms with Gasteiger partial charge in [-0.25, -0.2) is 13.6 Å². The summed E-state index contributed by atoms with van der Waals surface area (Å²) in [6.45, 7) is 0. The molecule has 0 amide bonds. The van der Waals surface area contributed by atoms with Crippen LogP contribution in [0.15, 0.2) is 23.1 Å². The number of benzene rings is 1. The van der Waals surface area contributed by atoms with Crippen molar-refractivity contribution in [3.05, 3.63) is 23.8 Å². The summed E-state index contributed by atoms with van der Waals surface area (Å²) in [7, 11) is -2.27. The molecule has 0 spiro atoms. The zero-order valence-corrected chi connectivity index (χ0v) is 10.5. The van der Waals surface area contributed by atoms with Gasteiger partial charge in [0.1, 0.15) is 10.6 Å². The minimum Gasteiger partial charge on any atom is -0.495 e. The highest BCUT2D eigenvalue weighted by molar-refractivity contribution is 7.89. The van der Waals surface area contributed by atoms with Crippen molar-refractivity contribution in [3.63, 3.8) is 0 Å². The van der Waals surface area contributed by atoms with E-state index in [9.17, 15) is 8.42 Å². The van der Waals surface area contributed by atoms with Gasteiger partial charge in [-0.1, -0.05) is 6.07 Å². The molecule has 3 aliphatic carbocycles. The summed E-state index contributed by atoms with van der Waals surface area (Å²) in [6, 6.07) is 5.35. The average Bonchev–Trinajstić information content (AvgIpc) is 2.11. The molecule has 1 aromatic carbocycles. The van der Waals surface area contributed by atoms with Gasteiger partial charge in [0, 0.05) is 0 Å². The van der Waals surface area contributed by atoms with Gasteiger partial charge >= 0.3 is 0 Å². The summed E-state index contributed by atoms with van der Waals surface area (Å²) < 4.78 is 28.1. The van der Waals surface area contributed by atoms with Gasteiger partial charge in [-0.2, -0.15) is 0 Å². The molecule has 4 rings (SSSR count). The van der Waals surface area contributed by atoms with E-state index in [0.29, 0.717) is 5.75 Å². The van der Waals surface area contributed by atoms with E-state index >= 15 is 0 Å². The third kappa shape index (κ3) is 1.49. The Balaban J connectivity index is 2.08. The van der Waals surface area contributed by atoms with Crippen LogP contribution >= 0.6 is 0 Å². The highest BCUT2D eigenvalue weighted by atomic mass is 32.2. The predicted molar refractivity (Wildman–Crippen MR) is 63.4 cm³/mol. The van der Waals surface area contributed by atoms with E-state index < -0.39 is 10.0 Å². The smallest absolute Gasteiger partial charge is 0.241 e. The molecular weight excluding hydrogens is 238 g/mol. The van der Waals surface area contributed by atoms with Gasteiger partial charge < -0.3 is 4.74 Å². The van der Waals surface area contributed by atoms with Crippen LogP contribution in [0.3, 0.4) is 0 Å². The maximum atomic E-state index is 11.5. The van der Waals surface area contributed by atoms with Gasteiger partial charge in [-0.3, -0.25) is 0 Å². The minimum atomic E-state index is -3.72. The second-order valence-electron chi connectivity index (χ2n) is 5.17. The molecule has 0 aromatic heterocycles. The topological polar surface area (TPSA) is 69.4 Å². The molecule has 4 nitrogen and oxygen atoms in total. The fourth-order valence-corrected chi connectivity index (χ4v) is 3.78. The lowest BCUT2D eigenvalue weighted by Gasteiger charge is -2.62. The molecule has 2 N–H and O–H groups in total.